The highest BCUT2D eigenvalue weighted by Gasteiger charge is 1.95. The van der Waals surface area contributed by atoms with Gasteiger partial charge >= 0.3 is 5.97 Å². The zero-order valence-electron chi connectivity index (χ0n) is 6.44. The van der Waals surface area contributed by atoms with E-state index in [1.165, 1.54) is 19.3 Å². The van der Waals surface area contributed by atoms with Crippen LogP contribution >= 0.6 is 0 Å². The predicted octanol–water partition coefficient (Wildman–Crippen LogP) is -0.427. The van der Waals surface area contributed by atoms with Crippen LogP contribution in [0.4, 0.5) is 5.95 Å². The number of aromatic nitrogens is 3. The van der Waals surface area contributed by atoms with Crippen molar-refractivity contribution < 1.29 is 9.53 Å². The first-order chi connectivity index (χ1) is 5.72. The molecule has 1 rings (SSSR count). The van der Waals surface area contributed by atoms with Gasteiger partial charge in [-0.3, -0.25) is 5.10 Å². The van der Waals surface area contributed by atoms with Crippen molar-refractivity contribution in [1.82, 2.24) is 15.2 Å². The highest BCUT2D eigenvalue weighted by atomic mass is 16.5. The lowest BCUT2D eigenvalue weighted by molar-refractivity contribution is -0.134. The SMILES string of the molecule is COC(=O)C=Cc1nc(N)n[nH]1. The monoisotopic (exact) mass is 168 g/mol. The van der Waals surface area contributed by atoms with Crippen LogP contribution in [-0.2, 0) is 9.53 Å². The number of hydrogen-bond donors (Lipinski definition) is 2. The van der Waals surface area contributed by atoms with Gasteiger partial charge in [-0.2, -0.15) is 4.98 Å². The molecule has 0 bridgehead atoms. The molecular formula is C6H8N4O2. The van der Waals surface area contributed by atoms with Crippen molar-refractivity contribution in [2.75, 3.05) is 12.8 Å². The van der Waals surface area contributed by atoms with Crippen molar-refractivity contribution >= 4 is 18.0 Å². The molecule has 0 atom stereocenters. The van der Waals surface area contributed by atoms with Gasteiger partial charge in [0.2, 0.25) is 5.95 Å². The Morgan fingerprint density at radius 1 is 1.75 bits per heavy atom. The molecule has 0 saturated heterocycles. The number of carbonyl (C=O) groups excluding carboxylic acids is 1. The Bertz CT molecular complexity index is 304. The van der Waals surface area contributed by atoms with Gasteiger partial charge < -0.3 is 10.5 Å². The Labute approximate surface area is 68.4 Å². The van der Waals surface area contributed by atoms with Crippen LogP contribution in [-0.4, -0.2) is 28.3 Å². The number of rotatable bonds is 2. The van der Waals surface area contributed by atoms with Gasteiger partial charge in [0.05, 0.1) is 7.11 Å². The summed E-state index contributed by atoms with van der Waals surface area (Å²) in [6, 6.07) is 0. The summed E-state index contributed by atoms with van der Waals surface area (Å²) in [4.78, 5) is 14.3. The standard InChI is InChI=1S/C6H8N4O2/c1-12-5(11)3-2-4-8-6(7)10-9-4/h2-3H,1H3,(H3,7,8,9,10). The lowest BCUT2D eigenvalue weighted by Gasteiger charge is -1.86. The van der Waals surface area contributed by atoms with Crippen molar-refractivity contribution in [3.63, 3.8) is 0 Å². The second-order valence-electron chi connectivity index (χ2n) is 1.94. The molecule has 0 unspecified atom stereocenters. The van der Waals surface area contributed by atoms with Crippen LogP contribution in [0.2, 0.25) is 0 Å². The van der Waals surface area contributed by atoms with Crippen molar-refractivity contribution in [2.24, 2.45) is 0 Å². The van der Waals surface area contributed by atoms with Crippen LogP contribution in [0, 0.1) is 0 Å². The molecule has 0 aliphatic heterocycles. The van der Waals surface area contributed by atoms with Gasteiger partial charge in [0.15, 0.2) is 5.82 Å². The number of nitrogens with two attached hydrogens (primary N) is 1. The molecule has 3 N–H and O–H groups in total. The molecule has 6 heteroatoms. The third-order valence-corrected chi connectivity index (χ3v) is 1.10. The van der Waals surface area contributed by atoms with E-state index in [2.05, 4.69) is 19.9 Å². The average molecular weight is 168 g/mol. The van der Waals surface area contributed by atoms with Gasteiger partial charge in [0, 0.05) is 6.08 Å². The number of hydrogen-bond acceptors (Lipinski definition) is 5. The summed E-state index contributed by atoms with van der Waals surface area (Å²) in [7, 11) is 1.29. The number of nitrogens with zero attached hydrogens (tertiary/aromatic N) is 2. The molecule has 64 valence electrons. The number of anilines is 1. The molecule has 0 aromatic carbocycles. The molecular weight excluding hydrogens is 160 g/mol. The summed E-state index contributed by atoms with van der Waals surface area (Å²) in [5, 5.41) is 6.06. The van der Waals surface area contributed by atoms with E-state index in [1.54, 1.807) is 0 Å². The number of aromatic amines is 1. The summed E-state index contributed by atoms with van der Waals surface area (Å²) < 4.78 is 4.36. The minimum absolute atomic E-state index is 0.138. The Balaban J connectivity index is 2.63. The lowest BCUT2D eigenvalue weighted by Crippen LogP contribution is -1.93. The number of nitrogen functional groups attached to an aromatic ring is 1. The van der Waals surface area contributed by atoms with Crippen molar-refractivity contribution in [3.8, 4) is 0 Å². The maximum Gasteiger partial charge on any atom is 0.330 e. The molecule has 1 aromatic heterocycles. The first kappa shape index (κ1) is 8.25. The van der Waals surface area contributed by atoms with Crippen LogP contribution in [0.15, 0.2) is 6.08 Å². The van der Waals surface area contributed by atoms with Gasteiger partial charge in [-0.05, 0) is 6.08 Å². The quantitative estimate of drug-likeness (QED) is 0.461. The Hall–Kier alpha value is -1.85. The fourth-order valence-corrected chi connectivity index (χ4v) is 0.578. The van der Waals surface area contributed by atoms with Crippen LogP contribution in [0.3, 0.4) is 0 Å². The largest absolute Gasteiger partial charge is 0.466 e. The van der Waals surface area contributed by atoms with E-state index in [4.69, 9.17) is 5.73 Å². The molecule has 0 spiro atoms. The van der Waals surface area contributed by atoms with Crippen molar-refractivity contribution in [2.45, 2.75) is 0 Å². The number of carbonyl (C=O) groups is 1. The zero-order chi connectivity index (χ0) is 8.97. The maximum absolute atomic E-state index is 10.6. The number of esters is 1. The van der Waals surface area contributed by atoms with E-state index >= 15 is 0 Å². The second-order valence-corrected chi connectivity index (χ2v) is 1.94. The first-order valence-electron chi connectivity index (χ1n) is 3.16. The molecule has 12 heavy (non-hydrogen) atoms. The van der Waals surface area contributed by atoms with E-state index < -0.39 is 5.97 Å². The maximum atomic E-state index is 10.6. The van der Waals surface area contributed by atoms with Crippen LogP contribution in [0.5, 0.6) is 0 Å². The fraction of sp³-hybridized carbons (Fsp3) is 0.167. The molecule has 0 saturated carbocycles. The predicted molar refractivity (Wildman–Crippen MR) is 41.8 cm³/mol. The highest BCUT2D eigenvalue weighted by Crippen LogP contribution is 1.95. The lowest BCUT2D eigenvalue weighted by atomic mass is 10.5. The number of H-pyrrole nitrogens is 1. The molecule has 0 fully saturated rings. The van der Waals surface area contributed by atoms with Crippen LogP contribution in [0.1, 0.15) is 5.82 Å². The van der Waals surface area contributed by atoms with Crippen LogP contribution < -0.4 is 5.73 Å². The summed E-state index contributed by atoms with van der Waals surface area (Å²) in [6.07, 6.45) is 2.65. The molecule has 1 heterocycles. The molecule has 6 nitrogen and oxygen atoms in total. The third-order valence-electron chi connectivity index (χ3n) is 1.10. The van der Waals surface area contributed by atoms with E-state index in [1.807, 2.05) is 0 Å². The van der Waals surface area contributed by atoms with Crippen LogP contribution in [0.25, 0.3) is 6.08 Å². The van der Waals surface area contributed by atoms with E-state index in [0.29, 0.717) is 5.82 Å². The first-order valence-corrected chi connectivity index (χ1v) is 3.16. The minimum Gasteiger partial charge on any atom is -0.466 e. The molecule has 0 radical (unpaired) electrons. The Morgan fingerprint density at radius 3 is 3.00 bits per heavy atom. The highest BCUT2D eigenvalue weighted by molar-refractivity contribution is 5.86. The second kappa shape index (κ2) is 3.51. The van der Waals surface area contributed by atoms with Gasteiger partial charge in [-0.25, -0.2) is 4.79 Å². The van der Waals surface area contributed by atoms with Crippen molar-refractivity contribution in [3.05, 3.63) is 11.9 Å². The fourth-order valence-electron chi connectivity index (χ4n) is 0.578. The molecule has 0 amide bonds. The van der Waals surface area contributed by atoms with Gasteiger partial charge in [-0.1, -0.05) is 0 Å². The van der Waals surface area contributed by atoms with Gasteiger partial charge in [0.1, 0.15) is 0 Å². The number of methoxy groups -OCH3 is 1. The normalized spacial score (nSPS) is 10.4. The third kappa shape index (κ3) is 2.08. The summed E-state index contributed by atoms with van der Waals surface area (Å²) in [5.74, 6) is 0.0994. The average Bonchev–Trinajstić information content (AvgIpc) is 2.47. The Kier molecular flexibility index (Phi) is 2.42. The minimum atomic E-state index is -0.454. The number of nitrogens with one attached hydrogen (secondary N) is 1. The van der Waals surface area contributed by atoms with Gasteiger partial charge in [0.25, 0.3) is 0 Å². The molecule has 0 aliphatic rings. The topological polar surface area (TPSA) is 93.9 Å². The van der Waals surface area contributed by atoms with E-state index in [-0.39, 0.29) is 5.95 Å². The zero-order valence-corrected chi connectivity index (χ0v) is 6.44. The number of ether oxygens (including phenoxy) is 1. The summed E-state index contributed by atoms with van der Waals surface area (Å²) in [6.45, 7) is 0. The molecule has 0 aliphatic carbocycles. The van der Waals surface area contributed by atoms with Gasteiger partial charge in [-0.15, -0.1) is 5.10 Å². The Morgan fingerprint density at radius 2 is 2.50 bits per heavy atom. The van der Waals surface area contributed by atoms with E-state index in [0.717, 1.165) is 0 Å². The molecule has 1 aromatic rings. The van der Waals surface area contributed by atoms with E-state index in [9.17, 15) is 4.79 Å². The van der Waals surface area contributed by atoms with Crippen molar-refractivity contribution in [1.29, 1.82) is 0 Å². The smallest absolute Gasteiger partial charge is 0.330 e. The summed E-state index contributed by atoms with van der Waals surface area (Å²) in [5.41, 5.74) is 5.21. The summed E-state index contributed by atoms with van der Waals surface area (Å²) >= 11 is 0.